The number of halogens is 1. The zero-order chi connectivity index (χ0) is 17.6. The summed E-state index contributed by atoms with van der Waals surface area (Å²) in [4.78, 5) is 8.79. The molecule has 7 nitrogen and oxygen atoms in total. The Kier molecular flexibility index (Phi) is 7.27. The first kappa shape index (κ1) is 20.0. The summed E-state index contributed by atoms with van der Waals surface area (Å²) in [5.74, 6) is 2.30. The van der Waals surface area contributed by atoms with Crippen LogP contribution >= 0.6 is 35.3 Å². The summed E-state index contributed by atoms with van der Waals surface area (Å²) in [5.41, 5.74) is 7.53. The Morgan fingerprint density at radius 1 is 1.27 bits per heavy atom. The van der Waals surface area contributed by atoms with Gasteiger partial charge >= 0.3 is 0 Å². The number of hydrogen-bond acceptors (Lipinski definition) is 6. The second-order valence-electron chi connectivity index (χ2n) is 5.02. The number of hydrogen-bond donors (Lipinski definition) is 2. The number of nitrogens with one attached hydrogen (secondary N) is 1. The van der Waals surface area contributed by atoms with E-state index < -0.39 is 0 Å². The lowest BCUT2D eigenvalue weighted by atomic mass is 10.3. The molecule has 3 rings (SSSR count). The molecule has 3 aromatic rings. The van der Waals surface area contributed by atoms with Crippen molar-refractivity contribution in [2.45, 2.75) is 6.54 Å². The molecular weight excluding hydrogens is 467 g/mol. The lowest BCUT2D eigenvalue weighted by molar-refractivity contribution is 0.355. The highest BCUT2D eigenvalue weighted by Crippen LogP contribution is 2.29. The van der Waals surface area contributed by atoms with Crippen molar-refractivity contribution in [3.05, 3.63) is 47.7 Å². The molecule has 0 aliphatic carbocycles. The Balaban J connectivity index is 0.00000243. The van der Waals surface area contributed by atoms with Crippen LogP contribution in [0.4, 0.5) is 5.69 Å². The molecule has 0 aliphatic heterocycles. The van der Waals surface area contributed by atoms with Crippen molar-refractivity contribution in [3.8, 4) is 22.3 Å². The van der Waals surface area contributed by atoms with Gasteiger partial charge in [0.2, 0.25) is 0 Å². The fourth-order valence-electron chi connectivity index (χ4n) is 2.16. The minimum atomic E-state index is 0. The number of anilines is 1. The van der Waals surface area contributed by atoms with Gasteiger partial charge in [-0.15, -0.1) is 35.3 Å². The molecule has 0 unspecified atom stereocenters. The lowest BCUT2D eigenvalue weighted by Gasteiger charge is -2.10. The molecule has 0 spiro atoms. The van der Waals surface area contributed by atoms with E-state index >= 15 is 0 Å². The lowest BCUT2D eigenvalue weighted by Crippen LogP contribution is -2.22. The molecule has 0 amide bonds. The van der Waals surface area contributed by atoms with Crippen LogP contribution in [0.15, 0.2) is 51.4 Å². The largest absolute Gasteiger partial charge is 0.493 e. The van der Waals surface area contributed by atoms with E-state index in [-0.39, 0.29) is 24.0 Å². The molecule has 0 radical (unpaired) electrons. The minimum absolute atomic E-state index is 0. The van der Waals surface area contributed by atoms with Crippen molar-refractivity contribution in [1.82, 2.24) is 4.98 Å². The van der Waals surface area contributed by atoms with Crippen LogP contribution in [0.2, 0.25) is 0 Å². The summed E-state index contributed by atoms with van der Waals surface area (Å²) < 4.78 is 15.8. The fraction of sp³-hybridized carbons (Fsp3) is 0.176. The van der Waals surface area contributed by atoms with Crippen molar-refractivity contribution >= 4 is 47.0 Å². The summed E-state index contributed by atoms with van der Waals surface area (Å²) >= 11 is 1.51. The van der Waals surface area contributed by atoms with Gasteiger partial charge in [-0.1, -0.05) is 0 Å². The van der Waals surface area contributed by atoms with Crippen molar-refractivity contribution in [2.24, 2.45) is 10.7 Å². The number of rotatable bonds is 6. The molecule has 1 aromatic carbocycles. The number of aliphatic imine (C=N–C) groups is 1. The van der Waals surface area contributed by atoms with Gasteiger partial charge in [0.15, 0.2) is 28.2 Å². The Morgan fingerprint density at radius 3 is 2.77 bits per heavy atom. The quantitative estimate of drug-likeness (QED) is 0.311. The molecule has 26 heavy (non-hydrogen) atoms. The number of nitrogens with two attached hydrogens (primary N) is 1. The number of ether oxygens (including phenoxy) is 2. The van der Waals surface area contributed by atoms with E-state index in [2.05, 4.69) is 15.3 Å². The van der Waals surface area contributed by atoms with Crippen LogP contribution in [0.25, 0.3) is 10.8 Å². The third-order valence-electron chi connectivity index (χ3n) is 3.35. The zero-order valence-corrected chi connectivity index (χ0v) is 17.4. The van der Waals surface area contributed by atoms with Gasteiger partial charge in [0.05, 0.1) is 32.7 Å². The van der Waals surface area contributed by atoms with Crippen LogP contribution in [0.5, 0.6) is 11.5 Å². The first-order valence-corrected chi connectivity index (χ1v) is 8.35. The molecule has 0 atom stereocenters. The summed E-state index contributed by atoms with van der Waals surface area (Å²) in [6.45, 7) is 0.378. The number of nitrogens with zero attached hydrogens (tertiary/aromatic N) is 2. The maximum atomic E-state index is 5.94. The molecule has 2 heterocycles. The van der Waals surface area contributed by atoms with Crippen LogP contribution in [0.1, 0.15) is 5.69 Å². The molecular formula is C17H19IN4O3S. The third-order valence-corrected chi connectivity index (χ3v) is 4.26. The maximum Gasteiger partial charge on any atom is 0.193 e. The number of benzene rings is 1. The molecule has 0 saturated heterocycles. The van der Waals surface area contributed by atoms with Crippen molar-refractivity contribution in [3.63, 3.8) is 0 Å². The molecule has 0 bridgehead atoms. The normalized spacial score (nSPS) is 10.9. The first-order chi connectivity index (χ1) is 12.2. The van der Waals surface area contributed by atoms with E-state index in [1.165, 1.54) is 11.3 Å². The van der Waals surface area contributed by atoms with Gasteiger partial charge in [-0.3, -0.25) is 0 Å². The zero-order valence-electron chi connectivity index (χ0n) is 14.3. The van der Waals surface area contributed by atoms with Gasteiger partial charge in [-0.2, -0.15) is 0 Å². The number of furan rings is 1. The average Bonchev–Trinajstić information content (AvgIpc) is 3.31. The highest BCUT2D eigenvalue weighted by atomic mass is 127. The Labute approximate surface area is 172 Å². The number of thiazole rings is 1. The Bertz CT molecular complexity index is 865. The minimum Gasteiger partial charge on any atom is -0.493 e. The molecule has 2 aromatic heterocycles. The number of guanidine groups is 1. The Hall–Kier alpha value is -2.27. The highest BCUT2D eigenvalue weighted by Gasteiger charge is 2.07. The van der Waals surface area contributed by atoms with E-state index in [1.54, 1.807) is 32.6 Å². The van der Waals surface area contributed by atoms with Crippen LogP contribution in [-0.2, 0) is 6.54 Å². The summed E-state index contributed by atoms with van der Waals surface area (Å²) in [6.07, 6.45) is 1.62. The van der Waals surface area contributed by atoms with E-state index in [1.807, 2.05) is 23.6 Å². The maximum absolute atomic E-state index is 5.94. The van der Waals surface area contributed by atoms with Gasteiger partial charge < -0.3 is 24.9 Å². The van der Waals surface area contributed by atoms with Gasteiger partial charge in [-0.25, -0.2) is 9.98 Å². The van der Waals surface area contributed by atoms with Crippen LogP contribution < -0.4 is 20.5 Å². The molecule has 3 N–H and O–H groups in total. The highest BCUT2D eigenvalue weighted by molar-refractivity contribution is 14.0. The standard InChI is InChI=1S/C17H18N4O3S.HI/c1-22-13-6-5-11(8-15(13)23-2)21-17(18)19-9-12-10-25-16(20-12)14-4-3-7-24-14;/h3-8,10H,9H2,1-2H3,(H3,18,19,21);1H. The second-order valence-corrected chi connectivity index (χ2v) is 5.88. The van der Waals surface area contributed by atoms with Crippen molar-refractivity contribution < 1.29 is 13.9 Å². The van der Waals surface area contributed by atoms with Gasteiger partial charge in [-0.05, 0) is 24.3 Å². The van der Waals surface area contributed by atoms with E-state index in [4.69, 9.17) is 19.6 Å². The summed E-state index contributed by atoms with van der Waals surface area (Å²) in [5, 5.41) is 5.78. The predicted molar refractivity (Wildman–Crippen MR) is 114 cm³/mol. The van der Waals surface area contributed by atoms with Gasteiger partial charge in [0, 0.05) is 17.1 Å². The molecule has 0 fully saturated rings. The van der Waals surface area contributed by atoms with Crippen molar-refractivity contribution in [2.75, 3.05) is 19.5 Å². The number of aromatic nitrogens is 1. The molecule has 0 aliphatic rings. The van der Waals surface area contributed by atoms with Crippen LogP contribution in [0.3, 0.4) is 0 Å². The molecule has 0 saturated carbocycles. The Morgan fingerprint density at radius 2 is 2.08 bits per heavy atom. The first-order valence-electron chi connectivity index (χ1n) is 7.47. The van der Waals surface area contributed by atoms with Crippen LogP contribution in [0, 0.1) is 0 Å². The second kappa shape index (κ2) is 9.43. The summed E-state index contributed by atoms with van der Waals surface area (Å²) in [7, 11) is 3.17. The fourth-order valence-corrected chi connectivity index (χ4v) is 2.94. The molecule has 9 heteroatoms. The van der Waals surface area contributed by atoms with E-state index in [9.17, 15) is 0 Å². The van der Waals surface area contributed by atoms with Gasteiger partial charge in [0.25, 0.3) is 0 Å². The average molecular weight is 486 g/mol. The topological polar surface area (TPSA) is 94.9 Å². The number of methoxy groups -OCH3 is 2. The van der Waals surface area contributed by atoms with Crippen molar-refractivity contribution in [1.29, 1.82) is 0 Å². The predicted octanol–water partition coefficient (Wildman–Crippen LogP) is 3.97. The third kappa shape index (κ3) is 4.88. The SMILES string of the molecule is COc1ccc(NC(N)=NCc2csc(-c3ccco3)n2)cc1OC.I. The van der Waals surface area contributed by atoms with E-state index in [0.29, 0.717) is 24.0 Å². The molecule has 138 valence electrons. The van der Waals surface area contributed by atoms with E-state index in [0.717, 1.165) is 22.1 Å². The van der Waals surface area contributed by atoms with Crippen LogP contribution in [-0.4, -0.2) is 25.2 Å². The monoisotopic (exact) mass is 486 g/mol. The summed E-state index contributed by atoms with van der Waals surface area (Å²) in [6, 6.07) is 9.13. The smallest absolute Gasteiger partial charge is 0.193 e. The van der Waals surface area contributed by atoms with Gasteiger partial charge in [0.1, 0.15) is 0 Å².